The largest absolute Gasteiger partial charge is 0.466 e. The van der Waals surface area contributed by atoms with Crippen molar-refractivity contribution in [3.05, 3.63) is 35.4 Å². The Bertz CT molecular complexity index is 478. The lowest BCUT2D eigenvalue weighted by atomic mass is 10.0. The Morgan fingerprint density at radius 1 is 1.31 bits per heavy atom. The van der Waals surface area contributed by atoms with Crippen molar-refractivity contribution in [3.8, 4) is 0 Å². The molecule has 0 bridgehead atoms. The normalized spacial score (nSPS) is 29.6. The van der Waals surface area contributed by atoms with Gasteiger partial charge in [-0.2, -0.15) is 0 Å². The Kier molecular flexibility index (Phi) is 1.90. The van der Waals surface area contributed by atoms with Crippen LogP contribution in [0.4, 0.5) is 0 Å². The zero-order chi connectivity index (χ0) is 11.3. The van der Waals surface area contributed by atoms with Gasteiger partial charge in [-0.3, -0.25) is 9.59 Å². The number of hydrogen-bond acceptors (Lipinski definition) is 3. The highest BCUT2D eigenvalue weighted by molar-refractivity contribution is 6.09. The third kappa shape index (κ3) is 1.08. The van der Waals surface area contributed by atoms with Gasteiger partial charge >= 0.3 is 5.97 Å². The van der Waals surface area contributed by atoms with Gasteiger partial charge in [-0.25, -0.2) is 0 Å². The molecule has 1 fully saturated rings. The molecule has 0 saturated heterocycles. The number of carbonyl (C=O) groups is 2. The van der Waals surface area contributed by atoms with Gasteiger partial charge in [0.25, 0.3) is 0 Å². The standard InChI is InChI=1S/C13H12O3/c1-2-16-13(15)11-9-7-5-3-4-6-8(7)12(14)10(9)11/h3-6,9-11H,2H2,1H3/t9-,10+,11+/m0/s1. The van der Waals surface area contributed by atoms with Gasteiger partial charge in [0, 0.05) is 17.4 Å². The second kappa shape index (κ2) is 3.17. The molecule has 3 nitrogen and oxygen atoms in total. The number of ketones is 1. The number of fused-ring (bicyclic) bond motifs is 3. The molecule has 0 unspecified atom stereocenters. The molecule has 0 spiro atoms. The fourth-order valence-electron chi connectivity index (χ4n) is 2.75. The molecule has 0 radical (unpaired) electrons. The third-order valence-corrected chi connectivity index (χ3v) is 3.47. The molecule has 3 atom stereocenters. The first-order valence-electron chi connectivity index (χ1n) is 5.55. The van der Waals surface area contributed by atoms with Gasteiger partial charge in [0.1, 0.15) is 0 Å². The maximum absolute atomic E-state index is 11.9. The van der Waals surface area contributed by atoms with E-state index in [4.69, 9.17) is 4.74 Å². The number of carbonyl (C=O) groups excluding carboxylic acids is 2. The second-order valence-corrected chi connectivity index (χ2v) is 4.28. The average molecular weight is 216 g/mol. The number of benzene rings is 1. The second-order valence-electron chi connectivity index (χ2n) is 4.28. The van der Waals surface area contributed by atoms with Gasteiger partial charge in [-0.1, -0.05) is 24.3 Å². The summed E-state index contributed by atoms with van der Waals surface area (Å²) in [5, 5.41) is 0. The number of rotatable bonds is 2. The van der Waals surface area contributed by atoms with E-state index in [0.29, 0.717) is 6.61 Å². The van der Waals surface area contributed by atoms with E-state index in [1.807, 2.05) is 24.3 Å². The van der Waals surface area contributed by atoms with Crippen molar-refractivity contribution in [2.45, 2.75) is 12.8 Å². The summed E-state index contributed by atoms with van der Waals surface area (Å²) in [5.74, 6) is -0.388. The van der Waals surface area contributed by atoms with Gasteiger partial charge in [-0.05, 0) is 12.5 Å². The molecule has 1 saturated carbocycles. The molecule has 1 aromatic rings. The van der Waals surface area contributed by atoms with E-state index in [-0.39, 0.29) is 29.5 Å². The highest BCUT2D eigenvalue weighted by Gasteiger charge is 2.65. The van der Waals surface area contributed by atoms with Crippen LogP contribution in [-0.4, -0.2) is 18.4 Å². The van der Waals surface area contributed by atoms with Crippen molar-refractivity contribution < 1.29 is 14.3 Å². The lowest BCUT2D eigenvalue weighted by molar-refractivity contribution is -0.145. The Labute approximate surface area is 93.4 Å². The maximum Gasteiger partial charge on any atom is 0.310 e. The van der Waals surface area contributed by atoms with Crippen LogP contribution in [0.3, 0.4) is 0 Å². The molecule has 3 rings (SSSR count). The lowest BCUT2D eigenvalue weighted by Crippen LogP contribution is -2.13. The van der Waals surface area contributed by atoms with Crippen molar-refractivity contribution in [3.63, 3.8) is 0 Å². The molecule has 82 valence electrons. The fourth-order valence-corrected chi connectivity index (χ4v) is 2.75. The fraction of sp³-hybridized carbons (Fsp3) is 0.385. The topological polar surface area (TPSA) is 43.4 Å². The van der Waals surface area contributed by atoms with Crippen LogP contribution in [0, 0.1) is 11.8 Å². The molecular formula is C13H12O3. The van der Waals surface area contributed by atoms with Crippen LogP contribution in [0.5, 0.6) is 0 Å². The van der Waals surface area contributed by atoms with Gasteiger partial charge in [0.05, 0.1) is 12.5 Å². The minimum Gasteiger partial charge on any atom is -0.466 e. The summed E-state index contributed by atoms with van der Waals surface area (Å²) < 4.78 is 4.97. The number of Topliss-reactive ketones (excluding diaryl/α,β-unsaturated/α-hetero) is 1. The van der Waals surface area contributed by atoms with Crippen molar-refractivity contribution in [2.24, 2.45) is 11.8 Å². The monoisotopic (exact) mass is 216 g/mol. The molecule has 0 amide bonds. The predicted molar refractivity (Wildman–Crippen MR) is 57.1 cm³/mol. The minimum atomic E-state index is -0.222. The first-order chi connectivity index (χ1) is 7.75. The first-order valence-corrected chi connectivity index (χ1v) is 5.55. The maximum atomic E-state index is 11.9. The van der Waals surface area contributed by atoms with Crippen LogP contribution < -0.4 is 0 Å². The van der Waals surface area contributed by atoms with E-state index in [2.05, 4.69) is 0 Å². The minimum absolute atomic E-state index is 0.0859. The van der Waals surface area contributed by atoms with Crippen LogP contribution >= 0.6 is 0 Å². The molecule has 0 N–H and O–H groups in total. The Morgan fingerprint density at radius 2 is 2.06 bits per heavy atom. The summed E-state index contributed by atoms with van der Waals surface area (Å²) in [7, 11) is 0. The zero-order valence-electron chi connectivity index (χ0n) is 8.97. The van der Waals surface area contributed by atoms with Gasteiger partial charge in [0.2, 0.25) is 0 Å². The van der Waals surface area contributed by atoms with E-state index in [1.165, 1.54) is 0 Å². The Hall–Kier alpha value is -1.64. The molecule has 1 aromatic carbocycles. The Morgan fingerprint density at radius 3 is 2.81 bits per heavy atom. The highest BCUT2D eigenvalue weighted by Crippen LogP contribution is 2.61. The molecule has 16 heavy (non-hydrogen) atoms. The number of esters is 1. The van der Waals surface area contributed by atoms with E-state index >= 15 is 0 Å². The van der Waals surface area contributed by atoms with Crippen molar-refractivity contribution in [1.82, 2.24) is 0 Å². The summed E-state index contributed by atoms with van der Waals surface area (Å²) in [6.07, 6.45) is 0. The molecule has 0 aromatic heterocycles. The van der Waals surface area contributed by atoms with E-state index in [1.54, 1.807) is 6.92 Å². The smallest absolute Gasteiger partial charge is 0.310 e. The average Bonchev–Trinajstić information content (AvgIpc) is 2.97. The predicted octanol–water partition coefficient (Wildman–Crippen LogP) is 1.78. The lowest BCUT2D eigenvalue weighted by Gasteiger charge is -2.05. The SMILES string of the molecule is CCOC(=O)[C@H]1[C@@H]2C(=O)c3ccccc3[C@H]12. The highest BCUT2D eigenvalue weighted by atomic mass is 16.5. The summed E-state index contributed by atoms with van der Waals surface area (Å²) in [6.45, 7) is 2.16. The molecule has 0 aliphatic heterocycles. The van der Waals surface area contributed by atoms with Crippen LogP contribution in [0.2, 0.25) is 0 Å². The molecule has 2 aliphatic carbocycles. The quantitative estimate of drug-likeness (QED) is 0.708. The van der Waals surface area contributed by atoms with Crippen molar-refractivity contribution in [1.29, 1.82) is 0 Å². The van der Waals surface area contributed by atoms with E-state index < -0.39 is 0 Å². The Balaban J connectivity index is 1.91. The third-order valence-electron chi connectivity index (χ3n) is 3.47. The van der Waals surface area contributed by atoms with Gasteiger partial charge in [-0.15, -0.1) is 0 Å². The summed E-state index contributed by atoms with van der Waals surface area (Å²) in [5.41, 5.74) is 1.81. The van der Waals surface area contributed by atoms with Crippen LogP contribution in [0.25, 0.3) is 0 Å². The van der Waals surface area contributed by atoms with Gasteiger partial charge < -0.3 is 4.74 Å². The molecule has 3 heteroatoms. The summed E-state index contributed by atoms with van der Waals surface area (Å²) in [6, 6.07) is 7.55. The van der Waals surface area contributed by atoms with Crippen LogP contribution in [-0.2, 0) is 9.53 Å². The number of hydrogen-bond donors (Lipinski definition) is 0. The zero-order valence-corrected chi connectivity index (χ0v) is 8.97. The van der Waals surface area contributed by atoms with E-state index in [9.17, 15) is 9.59 Å². The summed E-state index contributed by atoms with van der Waals surface area (Å²) in [4.78, 5) is 23.5. The van der Waals surface area contributed by atoms with Crippen molar-refractivity contribution >= 4 is 11.8 Å². The summed E-state index contributed by atoms with van der Waals surface area (Å²) >= 11 is 0. The van der Waals surface area contributed by atoms with Crippen LogP contribution in [0.15, 0.2) is 24.3 Å². The van der Waals surface area contributed by atoms with Gasteiger partial charge in [0.15, 0.2) is 5.78 Å². The first kappa shape index (κ1) is 9.58. The number of ether oxygens (including phenoxy) is 1. The molecule has 2 aliphatic rings. The molecular weight excluding hydrogens is 204 g/mol. The van der Waals surface area contributed by atoms with E-state index in [0.717, 1.165) is 11.1 Å². The van der Waals surface area contributed by atoms with Crippen molar-refractivity contribution in [2.75, 3.05) is 6.61 Å². The van der Waals surface area contributed by atoms with Crippen LogP contribution in [0.1, 0.15) is 28.8 Å². The molecule has 0 heterocycles.